The number of sulfone groups is 1. The Morgan fingerprint density at radius 2 is 1.90 bits per heavy atom. The Morgan fingerprint density at radius 3 is 2.50 bits per heavy atom. The summed E-state index contributed by atoms with van der Waals surface area (Å²) in [4.78, 5) is 2.01. The number of nitrogens with zero attached hydrogens (tertiary/aromatic N) is 1. The van der Waals surface area contributed by atoms with Gasteiger partial charge in [-0.3, -0.25) is 4.90 Å². The zero-order valence-electron chi connectivity index (χ0n) is 11.1. The van der Waals surface area contributed by atoms with Crippen LogP contribution in [0.1, 0.15) is 5.56 Å². The second kappa shape index (κ2) is 6.19. The predicted octanol–water partition coefficient (Wildman–Crippen LogP) is -1.04. The van der Waals surface area contributed by atoms with Crippen LogP contribution in [0.4, 0.5) is 0 Å². The van der Waals surface area contributed by atoms with Crippen LogP contribution in [0.5, 0.6) is 0 Å². The van der Waals surface area contributed by atoms with Crippen molar-refractivity contribution in [1.29, 1.82) is 0 Å². The zero-order valence-corrected chi connectivity index (χ0v) is 12.0. The molecule has 0 aliphatic carbocycles. The molecule has 2 rings (SSSR count). The molecule has 0 amide bonds. The molecule has 1 saturated heterocycles. The first-order valence-electron chi connectivity index (χ1n) is 6.52. The topological polar surface area (TPSA) is 104 Å². The van der Waals surface area contributed by atoms with Gasteiger partial charge in [-0.15, -0.1) is 0 Å². The van der Waals surface area contributed by atoms with Crippen LogP contribution in [0, 0.1) is 0 Å². The summed E-state index contributed by atoms with van der Waals surface area (Å²) in [7, 11) is -3.38. The zero-order chi connectivity index (χ0) is 14.8. The lowest BCUT2D eigenvalue weighted by Gasteiger charge is -2.14. The van der Waals surface area contributed by atoms with Crippen LogP contribution in [0.15, 0.2) is 29.2 Å². The van der Waals surface area contributed by atoms with Crippen molar-refractivity contribution in [3.8, 4) is 0 Å². The fourth-order valence-electron chi connectivity index (χ4n) is 2.26. The van der Waals surface area contributed by atoms with E-state index in [1.165, 1.54) is 0 Å². The standard InChI is InChI=1S/C13H20N2O4S/c14-7-10-2-1-3-11(6-10)20(18,19)5-4-15-8-12(16)13(17)9-15/h1-3,6,12-13,16-17H,4-5,7-9,14H2. The van der Waals surface area contributed by atoms with Gasteiger partial charge in [-0.2, -0.15) is 0 Å². The Bertz CT molecular complexity index is 551. The first-order chi connectivity index (χ1) is 9.42. The second-order valence-electron chi connectivity index (χ2n) is 5.06. The lowest BCUT2D eigenvalue weighted by molar-refractivity contribution is 0.0572. The van der Waals surface area contributed by atoms with Crippen LogP contribution >= 0.6 is 0 Å². The van der Waals surface area contributed by atoms with Crippen LogP contribution in [0.2, 0.25) is 0 Å². The third-order valence-electron chi connectivity index (χ3n) is 3.50. The largest absolute Gasteiger partial charge is 0.389 e. The van der Waals surface area contributed by atoms with Gasteiger partial charge in [-0.25, -0.2) is 8.42 Å². The van der Waals surface area contributed by atoms with E-state index in [0.29, 0.717) is 26.2 Å². The molecule has 1 aromatic rings. The maximum atomic E-state index is 12.2. The minimum atomic E-state index is -3.38. The molecule has 1 fully saturated rings. The van der Waals surface area contributed by atoms with Crippen molar-refractivity contribution in [1.82, 2.24) is 4.90 Å². The molecule has 1 aromatic carbocycles. The maximum Gasteiger partial charge on any atom is 0.179 e. The normalized spacial score (nSPS) is 24.1. The van der Waals surface area contributed by atoms with Crippen LogP contribution in [0.25, 0.3) is 0 Å². The molecule has 1 heterocycles. The van der Waals surface area contributed by atoms with E-state index in [4.69, 9.17) is 5.73 Å². The highest BCUT2D eigenvalue weighted by atomic mass is 32.2. The molecule has 1 aliphatic rings. The number of hydrogen-bond donors (Lipinski definition) is 3. The molecular formula is C13H20N2O4S. The Hall–Kier alpha value is -0.990. The number of nitrogens with two attached hydrogens (primary N) is 1. The lowest BCUT2D eigenvalue weighted by Crippen LogP contribution is -2.28. The number of β-amino-alcohol motifs (C(OH)–C–C–N with tert-alkyl or cyclic N) is 2. The highest BCUT2D eigenvalue weighted by Gasteiger charge is 2.30. The maximum absolute atomic E-state index is 12.2. The van der Waals surface area contributed by atoms with E-state index in [0.717, 1.165) is 5.56 Å². The summed E-state index contributed by atoms with van der Waals surface area (Å²) in [6.45, 7) is 1.20. The van der Waals surface area contributed by atoms with E-state index in [2.05, 4.69) is 0 Å². The van der Waals surface area contributed by atoms with Gasteiger partial charge in [0, 0.05) is 26.2 Å². The number of benzene rings is 1. The third kappa shape index (κ3) is 3.56. The molecule has 0 bridgehead atoms. The summed E-state index contributed by atoms with van der Waals surface area (Å²) in [5.41, 5.74) is 6.28. The molecule has 0 radical (unpaired) electrons. The summed E-state index contributed by atoms with van der Waals surface area (Å²) in [6.07, 6.45) is -1.59. The second-order valence-corrected chi connectivity index (χ2v) is 7.17. The molecule has 4 N–H and O–H groups in total. The smallest absolute Gasteiger partial charge is 0.179 e. The van der Waals surface area contributed by atoms with Crippen LogP contribution < -0.4 is 5.73 Å². The van der Waals surface area contributed by atoms with E-state index < -0.39 is 22.0 Å². The number of rotatable bonds is 5. The van der Waals surface area contributed by atoms with E-state index in [-0.39, 0.29) is 10.6 Å². The molecule has 2 atom stereocenters. The van der Waals surface area contributed by atoms with E-state index in [1.54, 1.807) is 29.2 Å². The molecule has 112 valence electrons. The van der Waals surface area contributed by atoms with Crippen LogP contribution in [-0.4, -0.2) is 61.1 Å². The Balaban J connectivity index is 2.00. The fraction of sp³-hybridized carbons (Fsp3) is 0.538. The van der Waals surface area contributed by atoms with Crippen molar-refractivity contribution < 1.29 is 18.6 Å². The number of aliphatic hydroxyl groups excluding tert-OH is 2. The lowest BCUT2D eigenvalue weighted by atomic mass is 10.2. The summed E-state index contributed by atoms with van der Waals surface area (Å²) < 4.78 is 24.5. The van der Waals surface area contributed by atoms with Crippen LogP contribution in [-0.2, 0) is 16.4 Å². The SMILES string of the molecule is NCc1cccc(S(=O)(=O)CCN2CC(O)C(O)C2)c1. The minimum absolute atomic E-state index is 0.0412. The molecule has 0 saturated carbocycles. The van der Waals surface area contributed by atoms with Gasteiger partial charge < -0.3 is 15.9 Å². The average Bonchev–Trinajstić information content (AvgIpc) is 2.76. The molecule has 2 unspecified atom stereocenters. The van der Waals surface area contributed by atoms with Crippen molar-refractivity contribution >= 4 is 9.84 Å². The van der Waals surface area contributed by atoms with Gasteiger partial charge in [0.1, 0.15) is 0 Å². The van der Waals surface area contributed by atoms with Gasteiger partial charge >= 0.3 is 0 Å². The van der Waals surface area contributed by atoms with Crippen molar-refractivity contribution in [3.63, 3.8) is 0 Å². The molecule has 0 aromatic heterocycles. The molecule has 0 spiro atoms. The first-order valence-corrected chi connectivity index (χ1v) is 8.18. The van der Waals surface area contributed by atoms with Gasteiger partial charge in [-0.1, -0.05) is 12.1 Å². The Kier molecular flexibility index (Phi) is 4.77. The van der Waals surface area contributed by atoms with Gasteiger partial charge in [0.15, 0.2) is 9.84 Å². The summed E-state index contributed by atoms with van der Waals surface area (Å²) in [6, 6.07) is 6.61. The molecule has 7 heteroatoms. The van der Waals surface area contributed by atoms with E-state index in [1.807, 2.05) is 0 Å². The highest BCUT2D eigenvalue weighted by molar-refractivity contribution is 7.91. The van der Waals surface area contributed by atoms with Gasteiger partial charge in [-0.05, 0) is 17.7 Å². The summed E-state index contributed by atoms with van der Waals surface area (Å²) in [5, 5.41) is 18.9. The van der Waals surface area contributed by atoms with Gasteiger partial charge in [0.2, 0.25) is 0 Å². The molecule has 20 heavy (non-hydrogen) atoms. The van der Waals surface area contributed by atoms with Gasteiger partial charge in [0.05, 0.1) is 22.9 Å². The van der Waals surface area contributed by atoms with Crippen LogP contribution in [0.3, 0.4) is 0 Å². The van der Waals surface area contributed by atoms with E-state index >= 15 is 0 Å². The molecule has 1 aliphatic heterocycles. The molecule has 6 nitrogen and oxygen atoms in total. The van der Waals surface area contributed by atoms with Crippen molar-refractivity contribution in [3.05, 3.63) is 29.8 Å². The van der Waals surface area contributed by atoms with Gasteiger partial charge in [0.25, 0.3) is 0 Å². The number of aliphatic hydroxyl groups is 2. The number of likely N-dealkylation sites (tertiary alicyclic amines) is 1. The monoisotopic (exact) mass is 300 g/mol. The van der Waals surface area contributed by atoms with Crippen molar-refractivity contribution in [2.75, 3.05) is 25.4 Å². The molecular weight excluding hydrogens is 280 g/mol. The average molecular weight is 300 g/mol. The third-order valence-corrected chi connectivity index (χ3v) is 5.20. The fourth-order valence-corrected chi connectivity index (χ4v) is 3.61. The van der Waals surface area contributed by atoms with E-state index in [9.17, 15) is 18.6 Å². The van der Waals surface area contributed by atoms with Crippen molar-refractivity contribution in [2.24, 2.45) is 5.73 Å². The quantitative estimate of drug-likeness (QED) is 0.641. The Labute approximate surface area is 118 Å². The minimum Gasteiger partial charge on any atom is -0.389 e. The summed E-state index contributed by atoms with van der Waals surface area (Å²) >= 11 is 0. The summed E-state index contributed by atoms with van der Waals surface area (Å²) in [5.74, 6) is -0.0412. The Morgan fingerprint density at radius 1 is 1.25 bits per heavy atom. The first kappa shape index (κ1) is 15.4. The van der Waals surface area contributed by atoms with Crippen molar-refractivity contribution in [2.45, 2.75) is 23.6 Å². The highest BCUT2D eigenvalue weighted by Crippen LogP contribution is 2.15. The number of hydrogen-bond acceptors (Lipinski definition) is 6. The predicted molar refractivity (Wildman–Crippen MR) is 74.8 cm³/mol.